The third-order valence-corrected chi connectivity index (χ3v) is 3.99. The van der Waals surface area contributed by atoms with Gasteiger partial charge >= 0.3 is 0 Å². The highest BCUT2D eigenvalue weighted by Crippen LogP contribution is 2.36. The van der Waals surface area contributed by atoms with E-state index in [9.17, 15) is 4.79 Å². The van der Waals surface area contributed by atoms with Crippen LogP contribution in [-0.4, -0.2) is 33.6 Å². The Hall–Kier alpha value is -1.52. The van der Waals surface area contributed by atoms with Gasteiger partial charge in [-0.1, -0.05) is 13.3 Å². The summed E-state index contributed by atoms with van der Waals surface area (Å²) in [7, 11) is 0. The zero-order valence-corrected chi connectivity index (χ0v) is 11.5. The van der Waals surface area contributed by atoms with E-state index in [4.69, 9.17) is 5.73 Å². The molecule has 0 aliphatic heterocycles. The first-order valence-electron chi connectivity index (χ1n) is 7.34. The highest BCUT2D eigenvalue weighted by atomic mass is 16.2. The summed E-state index contributed by atoms with van der Waals surface area (Å²) in [6, 6.07) is 0.429. The van der Waals surface area contributed by atoms with Crippen LogP contribution >= 0.6 is 0 Å². The van der Waals surface area contributed by atoms with Gasteiger partial charge in [-0.25, -0.2) is 0 Å². The lowest BCUT2D eigenvalue weighted by Gasteiger charge is -2.21. The molecule has 0 spiro atoms. The van der Waals surface area contributed by atoms with Gasteiger partial charge in [-0.2, -0.15) is 5.10 Å². The molecule has 3 rings (SSSR count). The number of nitrogen functional groups attached to an aromatic ring is 1. The Bertz CT molecular complexity index is 474. The number of nitrogens with one attached hydrogen (secondary N) is 1. The monoisotopic (exact) mass is 262 g/mol. The number of nitrogens with two attached hydrogens (primary N) is 1. The van der Waals surface area contributed by atoms with Crippen molar-refractivity contribution in [3.63, 3.8) is 0 Å². The predicted octanol–water partition coefficient (Wildman–Crippen LogP) is 1.96. The molecule has 1 amide bonds. The van der Waals surface area contributed by atoms with Crippen LogP contribution in [0.4, 0.5) is 5.69 Å². The number of rotatable bonds is 6. The predicted molar refractivity (Wildman–Crippen MR) is 73.8 cm³/mol. The van der Waals surface area contributed by atoms with Crippen molar-refractivity contribution in [2.45, 2.75) is 51.5 Å². The van der Waals surface area contributed by atoms with Crippen LogP contribution in [0.5, 0.6) is 0 Å². The van der Waals surface area contributed by atoms with Crippen molar-refractivity contribution in [1.29, 1.82) is 0 Å². The van der Waals surface area contributed by atoms with Crippen LogP contribution in [0.1, 0.15) is 55.2 Å². The number of nitrogens with zero attached hydrogens (tertiary/aromatic N) is 2. The molecule has 0 radical (unpaired) electrons. The van der Waals surface area contributed by atoms with Gasteiger partial charge in [0.05, 0.1) is 11.4 Å². The average Bonchev–Trinajstić information content (AvgIpc) is 3.28. The quantitative estimate of drug-likeness (QED) is 0.823. The third kappa shape index (κ3) is 2.60. The molecule has 19 heavy (non-hydrogen) atoms. The number of anilines is 1. The number of H-pyrrole nitrogens is 1. The Kier molecular flexibility index (Phi) is 3.21. The summed E-state index contributed by atoms with van der Waals surface area (Å²) in [6.45, 7) is 2.98. The van der Waals surface area contributed by atoms with Gasteiger partial charge in [-0.05, 0) is 38.0 Å². The minimum absolute atomic E-state index is 0.0190. The number of aromatic nitrogens is 2. The fourth-order valence-electron chi connectivity index (χ4n) is 2.49. The van der Waals surface area contributed by atoms with Crippen LogP contribution in [0.3, 0.4) is 0 Å². The van der Waals surface area contributed by atoms with Gasteiger partial charge in [0.25, 0.3) is 5.91 Å². The third-order valence-electron chi connectivity index (χ3n) is 3.99. The fraction of sp³-hybridized carbons (Fsp3) is 0.714. The number of carbonyl (C=O) groups is 1. The summed E-state index contributed by atoms with van der Waals surface area (Å²) in [5.41, 5.74) is 7.93. The Morgan fingerprint density at radius 3 is 2.74 bits per heavy atom. The molecule has 0 bridgehead atoms. The molecule has 0 saturated heterocycles. The van der Waals surface area contributed by atoms with E-state index in [1.807, 2.05) is 4.90 Å². The molecule has 2 saturated carbocycles. The van der Waals surface area contributed by atoms with E-state index in [2.05, 4.69) is 17.1 Å². The smallest absolute Gasteiger partial charge is 0.276 e. The number of aryl methyl sites for hydroxylation is 1. The normalized spacial score (nSPS) is 18.6. The van der Waals surface area contributed by atoms with Crippen molar-refractivity contribution < 1.29 is 4.79 Å². The lowest BCUT2D eigenvalue weighted by molar-refractivity contribution is 0.0730. The lowest BCUT2D eigenvalue weighted by Crippen LogP contribution is -2.35. The maximum atomic E-state index is 12.6. The van der Waals surface area contributed by atoms with Crippen molar-refractivity contribution in [3.8, 4) is 0 Å². The second kappa shape index (κ2) is 4.87. The Morgan fingerprint density at radius 2 is 2.16 bits per heavy atom. The molecule has 1 aromatic heterocycles. The molecule has 2 fully saturated rings. The molecular weight excluding hydrogens is 240 g/mol. The number of hydrogen-bond donors (Lipinski definition) is 2. The zero-order valence-electron chi connectivity index (χ0n) is 11.5. The standard InChI is InChI=1S/C14H22N4O/c1-2-3-11-12(15)13(17-16-11)14(19)18(10-6-7-10)8-9-4-5-9/h9-10H,2-8,15H2,1H3,(H,16,17). The summed E-state index contributed by atoms with van der Waals surface area (Å²) < 4.78 is 0. The fourth-order valence-corrected chi connectivity index (χ4v) is 2.49. The van der Waals surface area contributed by atoms with Gasteiger partial charge in [0.15, 0.2) is 5.69 Å². The summed E-state index contributed by atoms with van der Waals surface area (Å²) in [6.07, 6.45) is 6.61. The molecule has 0 aromatic carbocycles. The van der Waals surface area contributed by atoms with E-state index in [-0.39, 0.29) is 5.91 Å². The van der Waals surface area contributed by atoms with Crippen LogP contribution in [0.15, 0.2) is 0 Å². The number of amides is 1. The highest BCUT2D eigenvalue weighted by Gasteiger charge is 2.38. The van der Waals surface area contributed by atoms with Crippen molar-refractivity contribution in [1.82, 2.24) is 15.1 Å². The highest BCUT2D eigenvalue weighted by molar-refractivity contribution is 5.98. The van der Waals surface area contributed by atoms with Gasteiger partial charge in [0.1, 0.15) is 0 Å². The molecule has 104 valence electrons. The van der Waals surface area contributed by atoms with Crippen LogP contribution < -0.4 is 5.73 Å². The van der Waals surface area contributed by atoms with Crippen LogP contribution in [0.2, 0.25) is 0 Å². The van der Waals surface area contributed by atoms with Crippen molar-refractivity contribution in [2.75, 3.05) is 12.3 Å². The van der Waals surface area contributed by atoms with Gasteiger partial charge in [0, 0.05) is 12.6 Å². The maximum Gasteiger partial charge on any atom is 0.276 e. The SMILES string of the molecule is CCCc1[nH]nc(C(=O)N(CC2CC2)C2CC2)c1N. The molecule has 2 aliphatic carbocycles. The Balaban J connectivity index is 1.76. The topological polar surface area (TPSA) is 75.0 Å². The van der Waals surface area contributed by atoms with Crippen LogP contribution in [-0.2, 0) is 6.42 Å². The number of carbonyl (C=O) groups excluding carboxylic acids is 1. The molecule has 1 heterocycles. The van der Waals surface area contributed by atoms with Crippen molar-refractivity contribution >= 4 is 11.6 Å². The van der Waals surface area contributed by atoms with E-state index in [0.717, 1.165) is 37.9 Å². The minimum Gasteiger partial charge on any atom is -0.395 e. The van der Waals surface area contributed by atoms with E-state index < -0.39 is 0 Å². The Morgan fingerprint density at radius 1 is 1.42 bits per heavy atom. The van der Waals surface area contributed by atoms with Gasteiger partial charge in [0.2, 0.25) is 0 Å². The van der Waals surface area contributed by atoms with E-state index >= 15 is 0 Å². The summed E-state index contributed by atoms with van der Waals surface area (Å²) >= 11 is 0. The molecule has 0 atom stereocenters. The first-order chi connectivity index (χ1) is 9.20. The maximum absolute atomic E-state index is 12.6. The Labute approximate surface area is 113 Å². The van der Waals surface area contributed by atoms with E-state index in [0.29, 0.717) is 23.3 Å². The summed E-state index contributed by atoms with van der Waals surface area (Å²) in [5, 5.41) is 7.07. The second-order valence-electron chi connectivity index (χ2n) is 5.85. The van der Waals surface area contributed by atoms with Crippen LogP contribution in [0, 0.1) is 5.92 Å². The molecular formula is C14H22N4O. The van der Waals surface area contributed by atoms with E-state index in [1.54, 1.807) is 0 Å². The first-order valence-corrected chi connectivity index (χ1v) is 7.34. The molecule has 2 aliphatic rings. The molecule has 5 heteroatoms. The molecule has 3 N–H and O–H groups in total. The average molecular weight is 262 g/mol. The minimum atomic E-state index is 0.0190. The summed E-state index contributed by atoms with van der Waals surface area (Å²) in [5.74, 6) is 0.727. The number of aromatic amines is 1. The van der Waals surface area contributed by atoms with Crippen molar-refractivity contribution in [3.05, 3.63) is 11.4 Å². The van der Waals surface area contributed by atoms with Crippen LogP contribution in [0.25, 0.3) is 0 Å². The zero-order chi connectivity index (χ0) is 13.4. The number of hydrogen-bond acceptors (Lipinski definition) is 3. The van der Waals surface area contributed by atoms with Gasteiger partial charge < -0.3 is 10.6 Å². The van der Waals surface area contributed by atoms with Gasteiger partial charge in [-0.3, -0.25) is 9.89 Å². The molecule has 5 nitrogen and oxygen atoms in total. The second-order valence-corrected chi connectivity index (χ2v) is 5.85. The molecule has 1 aromatic rings. The van der Waals surface area contributed by atoms with Crippen molar-refractivity contribution in [2.24, 2.45) is 5.92 Å². The lowest BCUT2D eigenvalue weighted by atomic mass is 10.2. The van der Waals surface area contributed by atoms with Gasteiger partial charge in [-0.15, -0.1) is 0 Å². The first kappa shape index (κ1) is 12.5. The van der Waals surface area contributed by atoms with E-state index in [1.165, 1.54) is 12.8 Å². The molecule has 0 unspecified atom stereocenters. The summed E-state index contributed by atoms with van der Waals surface area (Å²) in [4.78, 5) is 14.6. The largest absolute Gasteiger partial charge is 0.395 e.